The lowest BCUT2D eigenvalue weighted by molar-refractivity contribution is -0.139. The number of ether oxygens (including phenoxy) is 1. The van der Waals surface area contributed by atoms with Gasteiger partial charge in [0.25, 0.3) is 0 Å². The molecule has 1 aromatic carbocycles. The second kappa shape index (κ2) is 5.60. The summed E-state index contributed by atoms with van der Waals surface area (Å²) in [4.78, 5) is 24.5. The van der Waals surface area contributed by atoms with E-state index in [0.29, 0.717) is 13.1 Å². The number of nitrogens with zero attached hydrogens (tertiary/aromatic N) is 1. The highest BCUT2D eigenvalue weighted by Crippen LogP contribution is 2.23. The molecule has 6 heteroatoms. The maximum absolute atomic E-state index is 11.8. The lowest BCUT2D eigenvalue weighted by Gasteiger charge is -2.36. The van der Waals surface area contributed by atoms with E-state index in [4.69, 9.17) is 9.84 Å². The Morgan fingerprint density at radius 2 is 2.16 bits per heavy atom. The fourth-order valence-corrected chi connectivity index (χ4v) is 2.17. The van der Waals surface area contributed by atoms with Gasteiger partial charge in [-0.1, -0.05) is 0 Å². The van der Waals surface area contributed by atoms with E-state index in [1.54, 1.807) is 19.2 Å². The van der Waals surface area contributed by atoms with Crippen LogP contribution in [-0.4, -0.2) is 43.2 Å². The van der Waals surface area contributed by atoms with E-state index in [2.05, 4.69) is 5.32 Å². The van der Waals surface area contributed by atoms with Crippen LogP contribution in [0, 0.1) is 0 Å². The molecule has 0 aromatic heterocycles. The number of amides is 1. The number of nitrogens with one attached hydrogen (secondary N) is 1. The number of methoxy groups -OCH3 is 1. The Labute approximate surface area is 111 Å². The summed E-state index contributed by atoms with van der Waals surface area (Å²) in [5.41, 5.74) is 0.821. The molecule has 1 aliphatic heterocycles. The number of piperazine rings is 1. The van der Waals surface area contributed by atoms with Crippen molar-refractivity contribution in [2.45, 2.75) is 12.5 Å². The van der Waals surface area contributed by atoms with Gasteiger partial charge in [0.2, 0.25) is 5.91 Å². The molecule has 0 bridgehead atoms. The van der Waals surface area contributed by atoms with Crippen molar-refractivity contribution in [3.8, 4) is 5.75 Å². The number of hydrogen-bond donors (Lipinski definition) is 2. The van der Waals surface area contributed by atoms with Gasteiger partial charge in [0, 0.05) is 18.8 Å². The maximum atomic E-state index is 11.8. The third kappa shape index (κ3) is 2.96. The predicted molar refractivity (Wildman–Crippen MR) is 69.4 cm³/mol. The fourth-order valence-electron chi connectivity index (χ4n) is 2.17. The van der Waals surface area contributed by atoms with Crippen molar-refractivity contribution in [3.63, 3.8) is 0 Å². The second-order valence-electron chi connectivity index (χ2n) is 4.30. The number of carbonyl (C=O) groups is 2. The highest BCUT2D eigenvalue weighted by atomic mass is 16.5. The van der Waals surface area contributed by atoms with Crippen molar-refractivity contribution in [2.75, 3.05) is 25.1 Å². The summed E-state index contributed by atoms with van der Waals surface area (Å²) in [7, 11) is 1.58. The minimum Gasteiger partial charge on any atom is -0.497 e. The molecule has 1 heterocycles. The SMILES string of the molecule is COc1ccc(N2CCNC(=O)C2CC(=O)O)cc1. The van der Waals surface area contributed by atoms with Crippen LogP contribution >= 0.6 is 0 Å². The van der Waals surface area contributed by atoms with Gasteiger partial charge < -0.3 is 20.1 Å². The molecule has 2 rings (SSSR count). The number of carboxylic acids is 1. The molecule has 1 saturated heterocycles. The van der Waals surface area contributed by atoms with E-state index in [0.717, 1.165) is 11.4 Å². The quantitative estimate of drug-likeness (QED) is 0.826. The van der Waals surface area contributed by atoms with Gasteiger partial charge in [-0.25, -0.2) is 0 Å². The smallest absolute Gasteiger partial charge is 0.305 e. The number of rotatable bonds is 4. The zero-order chi connectivity index (χ0) is 13.8. The van der Waals surface area contributed by atoms with Crippen LogP contribution < -0.4 is 15.0 Å². The van der Waals surface area contributed by atoms with E-state index >= 15 is 0 Å². The van der Waals surface area contributed by atoms with E-state index < -0.39 is 12.0 Å². The number of hydrogen-bond acceptors (Lipinski definition) is 4. The van der Waals surface area contributed by atoms with Gasteiger partial charge in [-0.3, -0.25) is 9.59 Å². The number of benzene rings is 1. The molecule has 1 atom stereocenters. The molecule has 0 saturated carbocycles. The highest BCUT2D eigenvalue weighted by Gasteiger charge is 2.31. The molecule has 2 N–H and O–H groups in total. The third-order valence-electron chi connectivity index (χ3n) is 3.10. The number of carbonyl (C=O) groups excluding carboxylic acids is 1. The summed E-state index contributed by atoms with van der Waals surface area (Å²) in [5, 5.41) is 11.6. The van der Waals surface area contributed by atoms with Crippen LogP contribution in [0.2, 0.25) is 0 Å². The van der Waals surface area contributed by atoms with Gasteiger partial charge in [0.1, 0.15) is 11.8 Å². The molecule has 1 aliphatic rings. The summed E-state index contributed by atoms with van der Waals surface area (Å²) in [6.07, 6.45) is -0.210. The molecule has 1 aromatic rings. The first-order chi connectivity index (χ1) is 9.11. The largest absolute Gasteiger partial charge is 0.497 e. The Hall–Kier alpha value is -2.24. The fraction of sp³-hybridized carbons (Fsp3) is 0.385. The number of anilines is 1. The minimum absolute atomic E-state index is 0.210. The summed E-state index contributed by atoms with van der Waals surface area (Å²) >= 11 is 0. The Bertz CT molecular complexity index is 472. The van der Waals surface area contributed by atoms with Crippen molar-refractivity contribution in [1.82, 2.24) is 5.32 Å². The second-order valence-corrected chi connectivity index (χ2v) is 4.30. The molecule has 19 heavy (non-hydrogen) atoms. The normalized spacial score (nSPS) is 18.9. The third-order valence-corrected chi connectivity index (χ3v) is 3.10. The van der Waals surface area contributed by atoms with E-state index in [1.807, 2.05) is 17.0 Å². The van der Waals surface area contributed by atoms with Gasteiger partial charge >= 0.3 is 5.97 Å². The average Bonchev–Trinajstić information content (AvgIpc) is 2.41. The van der Waals surface area contributed by atoms with Crippen LogP contribution in [0.4, 0.5) is 5.69 Å². The summed E-state index contributed by atoms with van der Waals surface area (Å²) in [5.74, 6) is -0.509. The van der Waals surface area contributed by atoms with Crippen LogP contribution in [0.1, 0.15) is 6.42 Å². The van der Waals surface area contributed by atoms with Gasteiger partial charge in [-0.2, -0.15) is 0 Å². The topological polar surface area (TPSA) is 78.9 Å². The van der Waals surface area contributed by atoms with Gasteiger partial charge in [0.15, 0.2) is 0 Å². The molecule has 102 valence electrons. The maximum Gasteiger partial charge on any atom is 0.305 e. The molecule has 0 spiro atoms. The molecular weight excluding hydrogens is 248 g/mol. The first-order valence-corrected chi connectivity index (χ1v) is 6.02. The molecule has 1 amide bonds. The Morgan fingerprint density at radius 1 is 1.47 bits per heavy atom. The monoisotopic (exact) mass is 264 g/mol. The summed E-state index contributed by atoms with van der Waals surface area (Å²) in [6.45, 7) is 1.11. The molecular formula is C13H16N2O4. The van der Waals surface area contributed by atoms with E-state index in [-0.39, 0.29) is 12.3 Å². The molecule has 1 unspecified atom stereocenters. The standard InChI is InChI=1S/C13H16N2O4/c1-19-10-4-2-9(3-5-10)15-7-6-14-13(18)11(15)8-12(16)17/h2-5,11H,6-8H2,1H3,(H,14,18)(H,16,17). The van der Waals surface area contributed by atoms with E-state index in [9.17, 15) is 9.59 Å². The minimum atomic E-state index is -0.986. The number of aliphatic carboxylic acids is 1. The zero-order valence-electron chi connectivity index (χ0n) is 10.6. The van der Waals surface area contributed by atoms with Gasteiger partial charge in [-0.15, -0.1) is 0 Å². The van der Waals surface area contributed by atoms with Crippen LogP contribution in [0.15, 0.2) is 24.3 Å². The lowest BCUT2D eigenvalue weighted by Crippen LogP contribution is -2.56. The average molecular weight is 264 g/mol. The van der Waals surface area contributed by atoms with Gasteiger partial charge in [-0.05, 0) is 24.3 Å². The Balaban J connectivity index is 2.22. The molecule has 0 aliphatic carbocycles. The van der Waals surface area contributed by atoms with E-state index in [1.165, 1.54) is 0 Å². The lowest BCUT2D eigenvalue weighted by atomic mass is 10.1. The van der Waals surface area contributed by atoms with Crippen LogP contribution in [0.3, 0.4) is 0 Å². The van der Waals surface area contributed by atoms with Crippen LogP contribution in [0.5, 0.6) is 5.75 Å². The van der Waals surface area contributed by atoms with Gasteiger partial charge in [0.05, 0.1) is 13.5 Å². The van der Waals surface area contributed by atoms with Crippen LogP contribution in [-0.2, 0) is 9.59 Å². The molecule has 0 radical (unpaired) electrons. The summed E-state index contributed by atoms with van der Waals surface area (Å²) in [6, 6.07) is 6.57. The Kier molecular flexibility index (Phi) is 3.89. The number of carboxylic acid groups (broad SMARTS) is 1. The molecule has 6 nitrogen and oxygen atoms in total. The van der Waals surface area contributed by atoms with Crippen molar-refractivity contribution in [2.24, 2.45) is 0 Å². The van der Waals surface area contributed by atoms with Crippen molar-refractivity contribution in [1.29, 1.82) is 0 Å². The van der Waals surface area contributed by atoms with Crippen molar-refractivity contribution in [3.05, 3.63) is 24.3 Å². The zero-order valence-corrected chi connectivity index (χ0v) is 10.6. The van der Waals surface area contributed by atoms with Crippen LogP contribution in [0.25, 0.3) is 0 Å². The van der Waals surface area contributed by atoms with Crippen molar-refractivity contribution < 1.29 is 19.4 Å². The first-order valence-electron chi connectivity index (χ1n) is 6.02. The molecule has 1 fully saturated rings. The Morgan fingerprint density at radius 3 is 2.74 bits per heavy atom. The predicted octanol–water partition coefficient (Wildman–Crippen LogP) is 0.475. The summed E-state index contributed by atoms with van der Waals surface area (Å²) < 4.78 is 5.08. The first kappa shape index (κ1) is 13.2. The highest BCUT2D eigenvalue weighted by molar-refractivity contribution is 5.90. The van der Waals surface area contributed by atoms with Crippen molar-refractivity contribution >= 4 is 17.6 Å².